The Morgan fingerprint density at radius 1 is 0.902 bits per heavy atom. The fourth-order valence-corrected chi connectivity index (χ4v) is 9.85. The quantitative estimate of drug-likeness (QED) is 0.230. The third kappa shape index (κ3) is 5.90. The van der Waals surface area contributed by atoms with Gasteiger partial charge in [0.2, 0.25) is 17.8 Å². The smallest absolute Gasteiger partial charge is 0.257 e. The van der Waals surface area contributed by atoms with Gasteiger partial charge in [0.25, 0.3) is 5.56 Å². The molecule has 5 saturated carbocycles. The summed E-state index contributed by atoms with van der Waals surface area (Å²) in [6, 6.07) is 14.9. The van der Waals surface area contributed by atoms with E-state index in [2.05, 4.69) is 31.5 Å². The van der Waals surface area contributed by atoms with E-state index in [0.29, 0.717) is 40.3 Å². The second-order valence-electron chi connectivity index (χ2n) is 15.7. The molecule has 2 N–H and O–H groups in total. The molecule has 4 aromatic rings. The first-order valence-electron chi connectivity index (χ1n) is 18.6. The lowest BCUT2D eigenvalue weighted by atomic mass is 9.49. The first-order valence-corrected chi connectivity index (χ1v) is 18.6. The van der Waals surface area contributed by atoms with Gasteiger partial charge in [0.05, 0.1) is 23.9 Å². The molecule has 2 aromatic heterocycles. The molecule has 10 rings (SSSR count). The molecule has 0 atom stereocenters. The maximum absolute atomic E-state index is 13.9. The fourth-order valence-electron chi connectivity index (χ4n) is 9.85. The van der Waals surface area contributed by atoms with Crippen molar-refractivity contribution in [3.8, 4) is 11.4 Å². The number of pyridine rings is 1. The third-order valence-corrected chi connectivity index (χ3v) is 12.1. The van der Waals surface area contributed by atoms with Gasteiger partial charge >= 0.3 is 0 Å². The van der Waals surface area contributed by atoms with Crippen molar-refractivity contribution < 1.29 is 14.3 Å². The van der Waals surface area contributed by atoms with E-state index in [-0.39, 0.29) is 22.8 Å². The van der Waals surface area contributed by atoms with Gasteiger partial charge in [-0.1, -0.05) is 6.07 Å². The lowest BCUT2D eigenvalue weighted by Crippen LogP contribution is -2.58. The molecule has 3 heterocycles. The van der Waals surface area contributed by atoms with E-state index in [1.54, 1.807) is 30.0 Å². The van der Waals surface area contributed by atoms with E-state index in [4.69, 9.17) is 9.72 Å². The molecule has 0 unspecified atom stereocenters. The van der Waals surface area contributed by atoms with Gasteiger partial charge in [0.1, 0.15) is 5.75 Å². The van der Waals surface area contributed by atoms with Crippen LogP contribution >= 0.6 is 0 Å². The number of nitrogens with one attached hydrogen (secondary N) is 2. The Bertz CT molecular complexity index is 2060. The summed E-state index contributed by atoms with van der Waals surface area (Å²) in [5.74, 6) is 3.75. The zero-order valence-corrected chi connectivity index (χ0v) is 29.4. The van der Waals surface area contributed by atoms with Crippen LogP contribution in [-0.4, -0.2) is 64.5 Å². The minimum absolute atomic E-state index is 0.00635. The summed E-state index contributed by atoms with van der Waals surface area (Å²) < 4.78 is 7.38. The van der Waals surface area contributed by atoms with Gasteiger partial charge in [-0.05, 0) is 112 Å². The van der Waals surface area contributed by atoms with Gasteiger partial charge < -0.3 is 25.2 Å². The number of methoxy groups -OCH3 is 1. The molecule has 51 heavy (non-hydrogen) atoms. The zero-order chi connectivity index (χ0) is 34.9. The number of hydrogen-bond acceptors (Lipinski definition) is 8. The lowest BCUT2D eigenvalue weighted by Gasteiger charge is -2.57. The molecule has 0 radical (unpaired) electrons. The van der Waals surface area contributed by atoms with Gasteiger partial charge in [-0.3, -0.25) is 19.0 Å². The van der Waals surface area contributed by atoms with Crippen LogP contribution in [0.15, 0.2) is 59.5 Å². The first kappa shape index (κ1) is 32.0. The highest BCUT2D eigenvalue weighted by Gasteiger charge is 2.55. The topological polar surface area (TPSA) is 122 Å². The van der Waals surface area contributed by atoms with Gasteiger partial charge in [-0.2, -0.15) is 4.98 Å². The molecule has 11 nitrogen and oxygen atoms in total. The highest BCUT2D eigenvalue weighted by Crippen LogP contribution is 2.60. The monoisotopic (exact) mass is 687 g/mol. The van der Waals surface area contributed by atoms with E-state index in [1.165, 1.54) is 19.3 Å². The fraction of sp³-hybridized carbons (Fsp3) is 0.475. The molecule has 0 spiro atoms. The molecule has 11 heteroatoms. The van der Waals surface area contributed by atoms with Crippen molar-refractivity contribution >= 4 is 45.9 Å². The zero-order valence-electron chi connectivity index (χ0n) is 29.4. The molecular formula is C40H45N7O4. The van der Waals surface area contributed by atoms with E-state index < -0.39 is 0 Å². The number of piperazine rings is 1. The van der Waals surface area contributed by atoms with Crippen molar-refractivity contribution in [2.45, 2.75) is 58.3 Å². The third-order valence-electron chi connectivity index (χ3n) is 12.1. The number of aryl methyl sites for hydroxylation is 1. The molecule has 5 aliphatic carbocycles. The largest absolute Gasteiger partial charge is 0.494 e. The summed E-state index contributed by atoms with van der Waals surface area (Å²) in [6.07, 6.45) is 10.9. The van der Waals surface area contributed by atoms with Crippen LogP contribution in [0, 0.1) is 36.0 Å². The van der Waals surface area contributed by atoms with Crippen molar-refractivity contribution in [3.63, 3.8) is 0 Å². The number of benzene rings is 2. The Balaban J connectivity index is 0.925. The number of anilines is 4. The second kappa shape index (κ2) is 12.4. The summed E-state index contributed by atoms with van der Waals surface area (Å²) in [5.41, 5.74) is 3.89. The van der Waals surface area contributed by atoms with Crippen LogP contribution in [0.2, 0.25) is 0 Å². The number of nitrogens with zero attached hydrogens (tertiary/aromatic N) is 5. The van der Waals surface area contributed by atoms with Crippen LogP contribution < -0.4 is 25.8 Å². The van der Waals surface area contributed by atoms with Gasteiger partial charge in [-0.15, -0.1) is 0 Å². The first-order chi connectivity index (χ1) is 24.7. The van der Waals surface area contributed by atoms with Crippen LogP contribution in [-0.2, 0) is 9.59 Å². The number of aromatic nitrogens is 3. The normalized spacial score (nSPS) is 25.3. The Morgan fingerprint density at radius 2 is 1.63 bits per heavy atom. The molecule has 1 saturated heterocycles. The molecule has 6 fully saturated rings. The van der Waals surface area contributed by atoms with Crippen LogP contribution in [0.25, 0.3) is 16.7 Å². The molecule has 2 aromatic carbocycles. The van der Waals surface area contributed by atoms with Crippen LogP contribution in [0.5, 0.6) is 5.75 Å². The highest BCUT2D eigenvalue weighted by atomic mass is 16.5. The Hall–Kier alpha value is -4.93. The van der Waals surface area contributed by atoms with E-state index in [0.717, 1.165) is 92.7 Å². The van der Waals surface area contributed by atoms with Crippen molar-refractivity contribution in [2.75, 3.05) is 48.8 Å². The summed E-state index contributed by atoms with van der Waals surface area (Å²) in [5, 5.41) is 7.03. The Labute approximate surface area is 297 Å². The number of carbonyl (C=O) groups excluding carboxylic acids is 2. The standard InChI is InChI=1S/C40H45N7O4/c1-24-14-35(48)47(31-5-3-4-29(18-31)42-37(49)28-6-7-28)36-32(24)23-41-39(44-36)43-33-9-8-30(19-34(33)51-2)45-10-12-46(13-11-45)38(50)40-20-25-15-26(21-40)17-27(16-25)22-40/h3-5,8-9,14,18-19,23,25-28H,6-7,10-13,15-17,20-22H2,1-2H3,(H,42,49)(H,41,43,44). The minimum atomic E-state index is -0.225. The van der Waals surface area contributed by atoms with Gasteiger partial charge in [-0.25, -0.2) is 4.98 Å². The number of amides is 2. The predicted molar refractivity (Wildman–Crippen MR) is 197 cm³/mol. The summed E-state index contributed by atoms with van der Waals surface area (Å²) in [6.45, 7) is 4.92. The van der Waals surface area contributed by atoms with E-state index >= 15 is 0 Å². The molecular weight excluding hydrogens is 642 g/mol. The number of ether oxygens (including phenoxy) is 1. The minimum Gasteiger partial charge on any atom is -0.494 e. The van der Waals surface area contributed by atoms with Gasteiger partial charge in [0.15, 0.2) is 5.65 Å². The second-order valence-corrected chi connectivity index (χ2v) is 15.7. The van der Waals surface area contributed by atoms with Crippen LogP contribution in [0.4, 0.5) is 23.0 Å². The molecule has 264 valence electrons. The Morgan fingerprint density at radius 3 is 2.31 bits per heavy atom. The number of rotatable bonds is 8. The van der Waals surface area contributed by atoms with Crippen molar-refractivity contribution in [1.82, 2.24) is 19.4 Å². The average Bonchev–Trinajstić information content (AvgIpc) is 3.97. The highest BCUT2D eigenvalue weighted by molar-refractivity contribution is 5.94. The molecule has 1 aliphatic heterocycles. The van der Waals surface area contributed by atoms with Crippen LogP contribution in [0.1, 0.15) is 56.9 Å². The molecule has 2 amide bonds. The molecule has 4 bridgehead atoms. The van der Waals surface area contributed by atoms with E-state index in [9.17, 15) is 14.4 Å². The van der Waals surface area contributed by atoms with Gasteiger partial charge in [0, 0.05) is 67.2 Å². The van der Waals surface area contributed by atoms with Crippen molar-refractivity contribution in [1.29, 1.82) is 0 Å². The maximum Gasteiger partial charge on any atom is 0.257 e. The predicted octanol–water partition coefficient (Wildman–Crippen LogP) is 6.05. The van der Waals surface area contributed by atoms with Crippen molar-refractivity contribution in [2.24, 2.45) is 29.1 Å². The number of fused-ring (bicyclic) bond motifs is 1. The summed E-state index contributed by atoms with van der Waals surface area (Å²) in [7, 11) is 1.64. The number of carbonyl (C=O) groups is 2. The lowest BCUT2D eigenvalue weighted by molar-refractivity contribution is -0.158. The number of hydrogen-bond donors (Lipinski definition) is 2. The van der Waals surface area contributed by atoms with E-state index in [1.807, 2.05) is 37.3 Å². The SMILES string of the molecule is COc1cc(N2CCN(C(=O)C34CC5CC(CC(C5)C3)C4)CC2)ccc1Nc1ncc2c(C)cc(=O)n(-c3cccc(NC(=O)C4CC4)c3)c2n1. The van der Waals surface area contributed by atoms with Crippen LogP contribution in [0.3, 0.4) is 0 Å². The molecule has 6 aliphatic rings. The average molecular weight is 688 g/mol. The summed E-state index contributed by atoms with van der Waals surface area (Å²) >= 11 is 0. The van der Waals surface area contributed by atoms with Crippen molar-refractivity contribution in [3.05, 3.63) is 70.6 Å². The summed E-state index contributed by atoms with van der Waals surface area (Å²) in [4.78, 5) is 53.7. The Kier molecular flexibility index (Phi) is 7.77. The maximum atomic E-state index is 13.9.